The number of aryl methyl sites for hydroxylation is 1. The number of hydrogen-bond acceptors (Lipinski definition) is 3. The number of rotatable bonds is 4. The van der Waals surface area contributed by atoms with E-state index in [9.17, 15) is 0 Å². The molecule has 0 saturated heterocycles. The molecule has 1 heterocycles. The first-order valence-corrected chi connectivity index (χ1v) is 9.94. The molecule has 1 aromatic carbocycles. The van der Waals surface area contributed by atoms with Crippen LogP contribution >= 0.6 is 23.6 Å². The highest BCUT2D eigenvalue weighted by Crippen LogP contribution is 2.32. The molecule has 0 saturated carbocycles. The van der Waals surface area contributed by atoms with Crippen molar-refractivity contribution in [1.29, 1.82) is 0 Å². The average molecular weight is 360 g/mol. The van der Waals surface area contributed by atoms with E-state index in [4.69, 9.17) is 17.2 Å². The molecule has 1 aliphatic carbocycles. The first-order valence-electron chi connectivity index (χ1n) is 8.71. The summed E-state index contributed by atoms with van der Waals surface area (Å²) in [5.74, 6) is 1.35. The van der Waals surface area contributed by atoms with Gasteiger partial charge in [-0.2, -0.15) is 0 Å². The SMILES string of the molecule is CCC(C)c1ccc(NC(=S)Nc2nc3c(s2)CC(C)CC3)cc1. The zero-order valence-corrected chi connectivity index (χ0v) is 16.2. The lowest BCUT2D eigenvalue weighted by Crippen LogP contribution is -2.19. The zero-order chi connectivity index (χ0) is 17.1. The van der Waals surface area contributed by atoms with Crippen LogP contribution in [0.25, 0.3) is 0 Å². The lowest BCUT2D eigenvalue weighted by molar-refractivity contribution is 0.502. The van der Waals surface area contributed by atoms with Crippen LogP contribution in [0.2, 0.25) is 0 Å². The Balaban J connectivity index is 1.60. The van der Waals surface area contributed by atoms with Gasteiger partial charge in [0.2, 0.25) is 0 Å². The summed E-state index contributed by atoms with van der Waals surface area (Å²) in [5, 5.41) is 8.00. The molecule has 0 bridgehead atoms. The first-order chi connectivity index (χ1) is 11.5. The molecule has 1 aliphatic rings. The quantitative estimate of drug-likeness (QED) is 0.698. The summed E-state index contributed by atoms with van der Waals surface area (Å²) in [4.78, 5) is 6.11. The zero-order valence-electron chi connectivity index (χ0n) is 14.6. The number of anilines is 2. The Labute approximate surface area is 153 Å². The molecule has 0 aliphatic heterocycles. The summed E-state index contributed by atoms with van der Waals surface area (Å²) < 4.78 is 0. The van der Waals surface area contributed by atoms with Gasteiger partial charge in [0.25, 0.3) is 0 Å². The third-order valence-corrected chi connectivity index (χ3v) is 6.00. The van der Waals surface area contributed by atoms with Crippen molar-refractivity contribution in [3.05, 3.63) is 40.4 Å². The minimum Gasteiger partial charge on any atom is -0.332 e. The van der Waals surface area contributed by atoms with Crippen LogP contribution in [0.1, 0.15) is 55.7 Å². The number of nitrogens with zero attached hydrogens (tertiary/aromatic N) is 1. The lowest BCUT2D eigenvalue weighted by Gasteiger charge is -2.15. The van der Waals surface area contributed by atoms with Gasteiger partial charge in [0.1, 0.15) is 0 Å². The summed E-state index contributed by atoms with van der Waals surface area (Å²) >= 11 is 7.17. The molecule has 2 atom stereocenters. The molecule has 2 aromatic rings. The van der Waals surface area contributed by atoms with E-state index >= 15 is 0 Å². The molecule has 0 spiro atoms. The predicted molar refractivity (Wildman–Crippen MR) is 108 cm³/mol. The molecule has 24 heavy (non-hydrogen) atoms. The van der Waals surface area contributed by atoms with E-state index in [0.717, 1.165) is 36.0 Å². The summed E-state index contributed by atoms with van der Waals surface area (Å²) in [5.41, 5.74) is 3.62. The van der Waals surface area contributed by atoms with Crippen molar-refractivity contribution in [3.63, 3.8) is 0 Å². The minimum absolute atomic E-state index is 0.591. The topological polar surface area (TPSA) is 37.0 Å². The fraction of sp³-hybridized carbons (Fsp3) is 0.474. The fourth-order valence-electron chi connectivity index (χ4n) is 2.98. The second kappa shape index (κ2) is 7.62. The van der Waals surface area contributed by atoms with Gasteiger partial charge >= 0.3 is 0 Å². The molecule has 0 radical (unpaired) electrons. The number of aromatic nitrogens is 1. The molecule has 2 unspecified atom stereocenters. The average Bonchev–Trinajstić information content (AvgIpc) is 2.95. The Kier molecular flexibility index (Phi) is 5.51. The summed E-state index contributed by atoms with van der Waals surface area (Å²) in [6.45, 7) is 6.77. The molecular formula is C19H25N3S2. The molecule has 5 heteroatoms. The van der Waals surface area contributed by atoms with Gasteiger partial charge in [-0.3, -0.25) is 0 Å². The van der Waals surface area contributed by atoms with E-state index in [1.807, 2.05) is 0 Å². The van der Waals surface area contributed by atoms with E-state index < -0.39 is 0 Å². The largest absolute Gasteiger partial charge is 0.332 e. The van der Waals surface area contributed by atoms with Crippen molar-refractivity contribution in [1.82, 2.24) is 4.98 Å². The van der Waals surface area contributed by atoms with Gasteiger partial charge in [-0.25, -0.2) is 4.98 Å². The van der Waals surface area contributed by atoms with Crippen LogP contribution in [0, 0.1) is 5.92 Å². The van der Waals surface area contributed by atoms with E-state index in [1.54, 1.807) is 11.3 Å². The highest BCUT2D eigenvalue weighted by atomic mass is 32.1. The van der Waals surface area contributed by atoms with E-state index in [1.165, 1.54) is 22.6 Å². The predicted octanol–water partition coefficient (Wildman–Crippen LogP) is 5.59. The van der Waals surface area contributed by atoms with Crippen molar-refractivity contribution < 1.29 is 0 Å². The Morgan fingerprint density at radius 3 is 2.79 bits per heavy atom. The molecule has 3 nitrogen and oxygen atoms in total. The van der Waals surface area contributed by atoms with Crippen LogP contribution in [-0.4, -0.2) is 10.1 Å². The Bertz CT molecular complexity index is 706. The highest BCUT2D eigenvalue weighted by Gasteiger charge is 2.20. The maximum Gasteiger partial charge on any atom is 0.189 e. The molecule has 2 N–H and O–H groups in total. The smallest absolute Gasteiger partial charge is 0.189 e. The molecule has 0 fully saturated rings. The third-order valence-electron chi connectivity index (χ3n) is 4.76. The summed E-state index contributed by atoms with van der Waals surface area (Å²) in [7, 11) is 0. The normalized spacial score (nSPS) is 17.9. The lowest BCUT2D eigenvalue weighted by atomic mass is 9.93. The molecule has 128 valence electrons. The van der Waals surface area contributed by atoms with Crippen LogP contribution in [0.5, 0.6) is 0 Å². The van der Waals surface area contributed by atoms with Crippen LogP contribution < -0.4 is 10.6 Å². The Hall–Kier alpha value is -1.46. The number of thiazole rings is 1. The fourth-order valence-corrected chi connectivity index (χ4v) is 4.44. The van der Waals surface area contributed by atoms with Gasteiger partial charge in [-0.1, -0.05) is 32.9 Å². The first kappa shape index (κ1) is 17.4. The van der Waals surface area contributed by atoms with E-state index in [0.29, 0.717) is 11.0 Å². The van der Waals surface area contributed by atoms with Crippen molar-refractivity contribution in [2.24, 2.45) is 5.92 Å². The van der Waals surface area contributed by atoms with Gasteiger partial charge in [0.05, 0.1) is 5.69 Å². The van der Waals surface area contributed by atoms with Gasteiger partial charge in [0.15, 0.2) is 10.2 Å². The number of fused-ring (bicyclic) bond motifs is 1. The van der Waals surface area contributed by atoms with Crippen LogP contribution in [0.15, 0.2) is 24.3 Å². The minimum atomic E-state index is 0.591. The van der Waals surface area contributed by atoms with Gasteiger partial charge in [-0.15, -0.1) is 11.3 Å². The van der Waals surface area contributed by atoms with Gasteiger partial charge in [-0.05, 0) is 67.4 Å². The summed E-state index contributed by atoms with van der Waals surface area (Å²) in [6.07, 6.45) is 4.62. The van der Waals surface area contributed by atoms with Gasteiger partial charge < -0.3 is 10.6 Å². The maximum absolute atomic E-state index is 5.43. The van der Waals surface area contributed by atoms with E-state index in [2.05, 4.69) is 55.7 Å². The summed E-state index contributed by atoms with van der Waals surface area (Å²) in [6, 6.07) is 8.51. The van der Waals surface area contributed by atoms with Crippen LogP contribution in [-0.2, 0) is 12.8 Å². The maximum atomic E-state index is 5.43. The molecule has 3 rings (SSSR count). The van der Waals surface area contributed by atoms with E-state index in [-0.39, 0.29) is 0 Å². The van der Waals surface area contributed by atoms with Crippen molar-refractivity contribution in [3.8, 4) is 0 Å². The Morgan fingerprint density at radius 2 is 2.08 bits per heavy atom. The monoisotopic (exact) mass is 359 g/mol. The Morgan fingerprint density at radius 1 is 1.33 bits per heavy atom. The second-order valence-corrected chi connectivity index (χ2v) is 8.24. The number of thiocarbonyl (C=S) groups is 1. The highest BCUT2D eigenvalue weighted by molar-refractivity contribution is 7.80. The van der Waals surface area contributed by atoms with Crippen molar-refractivity contribution in [2.75, 3.05) is 10.6 Å². The molecular weight excluding hydrogens is 334 g/mol. The number of benzene rings is 1. The molecule has 1 aromatic heterocycles. The number of nitrogens with one attached hydrogen (secondary N) is 2. The van der Waals surface area contributed by atoms with Gasteiger partial charge in [0, 0.05) is 10.6 Å². The number of hydrogen-bond donors (Lipinski definition) is 2. The third kappa shape index (κ3) is 4.14. The standard InChI is InChI=1S/C19H25N3S2/c1-4-13(3)14-6-8-15(9-7-14)20-18(23)22-19-21-16-10-5-12(2)11-17(16)24-19/h6-9,12-13H,4-5,10-11H2,1-3H3,(H2,20,21,22,23). The van der Waals surface area contributed by atoms with Crippen molar-refractivity contribution >= 4 is 39.5 Å². The van der Waals surface area contributed by atoms with Crippen LogP contribution in [0.4, 0.5) is 10.8 Å². The van der Waals surface area contributed by atoms with Crippen molar-refractivity contribution in [2.45, 2.75) is 52.4 Å². The van der Waals surface area contributed by atoms with Crippen LogP contribution in [0.3, 0.4) is 0 Å². The molecule has 0 amide bonds. The second-order valence-electron chi connectivity index (χ2n) is 6.75.